The number of benzene rings is 1. The number of fused-ring (bicyclic) bond motifs is 1. The standard InChI is InChI=1S/C17H23N3O/c1-12(2)11-17(9-5-6-10-17)15(21)20-16-18-13-7-3-4-8-14(13)19-16/h3-4,7-8,12H,5-6,9-11H2,1-2H3,(H2,18,19,20,21). The molecular weight excluding hydrogens is 262 g/mol. The lowest BCUT2D eigenvalue weighted by Crippen LogP contribution is -2.35. The summed E-state index contributed by atoms with van der Waals surface area (Å²) in [7, 11) is 0. The Morgan fingerprint density at radius 1 is 1.33 bits per heavy atom. The first-order valence-corrected chi connectivity index (χ1v) is 7.85. The first-order chi connectivity index (χ1) is 10.1. The molecule has 0 bridgehead atoms. The Balaban J connectivity index is 1.80. The van der Waals surface area contributed by atoms with Gasteiger partial charge in [0, 0.05) is 5.41 Å². The van der Waals surface area contributed by atoms with Gasteiger partial charge in [-0.3, -0.25) is 10.1 Å². The van der Waals surface area contributed by atoms with Gasteiger partial charge in [0.1, 0.15) is 0 Å². The number of hydrogen-bond donors (Lipinski definition) is 2. The molecule has 2 N–H and O–H groups in total. The fraction of sp³-hybridized carbons (Fsp3) is 0.529. The minimum absolute atomic E-state index is 0.132. The number of amides is 1. The maximum atomic E-state index is 12.8. The average Bonchev–Trinajstić information content (AvgIpc) is 3.04. The lowest BCUT2D eigenvalue weighted by molar-refractivity contribution is -0.126. The Hall–Kier alpha value is -1.84. The number of para-hydroxylation sites is 2. The van der Waals surface area contributed by atoms with Crippen LogP contribution in [0.1, 0.15) is 46.0 Å². The molecule has 1 amide bonds. The average molecular weight is 285 g/mol. The van der Waals surface area contributed by atoms with E-state index in [1.807, 2.05) is 24.3 Å². The summed E-state index contributed by atoms with van der Waals surface area (Å²) in [6.07, 6.45) is 5.26. The van der Waals surface area contributed by atoms with Crippen LogP contribution in [0.2, 0.25) is 0 Å². The van der Waals surface area contributed by atoms with E-state index in [1.165, 1.54) is 0 Å². The van der Waals surface area contributed by atoms with E-state index in [2.05, 4.69) is 29.1 Å². The number of aromatic nitrogens is 2. The van der Waals surface area contributed by atoms with Gasteiger partial charge < -0.3 is 4.98 Å². The molecule has 0 atom stereocenters. The van der Waals surface area contributed by atoms with Crippen molar-refractivity contribution in [2.75, 3.05) is 5.32 Å². The Kier molecular flexibility index (Phi) is 3.70. The molecule has 1 heterocycles. The highest BCUT2D eigenvalue weighted by Gasteiger charge is 2.41. The Morgan fingerprint density at radius 3 is 2.71 bits per heavy atom. The molecule has 4 heteroatoms. The molecular formula is C17H23N3O. The number of anilines is 1. The number of nitrogens with one attached hydrogen (secondary N) is 2. The van der Waals surface area contributed by atoms with Crippen LogP contribution in [0, 0.1) is 11.3 Å². The van der Waals surface area contributed by atoms with E-state index in [4.69, 9.17) is 0 Å². The van der Waals surface area contributed by atoms with Crippen molar-refractivity contribution < 1.29 is 4.79 Å². The second kappa shape index (κ2) is 5.51. The molecule has 2 aromatic rings. The van der Waals surface area contributed by atoms with Crippen molar-refractivity contribution in [3.63, 3.8) is 0 Å². The third kappa shape index (κ3) is 2.80. The Morgan fingerprint density at radius 2 is 2.05 bits per heavy atom. The van der Waals surface area contributed by atoms with Crippen LogP contribution in [-0.2, 0) is 4.79 Å². The highest BCUT2D eigenvalue weighted by Crippen LogP contribution is 2.44. The fourth-order valence-electron chi connectivity index (χ4n) is 3.61. The molecule has 1 aliphatic carbocycles. The van der Waals surface area contributed by atoms with Crippen molar-refractivity contribution in [2.45, 2.75) is 46.0 Å². The highest BCUT2D eigenvalue weighted by molar-refractivity contribution is 5.95. The molecule has 1 aromatic heterocycles. The quantitative estimate of drug-likeness (QED) is 0.888. The molecule has 1 fully saturated rings. The first-order valence-electron chi connectivity index (χ1n) is 7.85. The molecule has 0 radical (unpaired) electrons. The molecule has 0 unspecified atom stereocenters. The summed E-state index contributed by atoms with van der Waals surface area (Å²) in [4.78, 5) is 20.4. The maximum Gasteiger partial charge on any atom is 0.232 e. The van der Waals surface area contributed by atoms with Crippen molar-refractivity contribution in [1.29, 1.82) is 0 Å². The maximum absolute atomic E-state index is 12.8. The van der Waals surface area contributed by atoms with E-state index >= 15 is 0 Å². The SMILES string of the molecule is CC(C)CC1(C(=O)Nc2nc3ccccc3[nH]2)CCCC1. The summed E-state index contributed by atoms with van der Waals surface area (Å²) < 4.78 is 0. The monoisotopic (exact) mass is 285 g/mol. The van der Waals surface area contributed by atoms with Crippen LogP contribution in [-0.4, -0.2) is 15.9 Å². The van der Waals surface area contributed by atoms with Gasteiger partial charge in [-0.2, -0.15) is 0 Å². The van der Waals surface area contributed by atoms with Crippen LogP contribution >= 0.6 is 0 Å². The molecule has 0 saturated heterocycles. The van der Waals surface area contributed by atoms with Crippen molar-refractivity contribution in [3.8, 4) is 0 Å². The van der Waals surface area contributed by atoms with E-state index in [0.717, 1.165) is 43.1 Å². The molecule has 112 valence electrons. The Bertz CT molecular complexity index is 605. The predicted octanol–water partition coefficient (Wildman–Crippen LogP) is 4.11. The fourth-order valence-corrected chi connectivity index (χ4v) is 3.61. The summed E-state index contributed by atoms with van der Waals surface area (Å²) >= 11 is 0. The zero-order valence-corrected chi connectivity index (χ0v) is 12.8. The van der Waals surface area contributed by atoms with Gasteiger partial charge >= 0.3 is 0 Å². The van der Waals surface area contributed by atoms with E-state index in [0.29, 0.717) is 11.9 Å². The van der Waals surface area contributed by atoms with Gasteiger partial charge in [-0.25, -0.2) is 4.98 Å². The van der Waals surface area contributed by atoms with E-state index in [-0.39, 0.29) is 11.3 Å². The van der Waals surface area contributed by atoms with Crippen LogP contribution in [0.3, 0.4) is 0 Å². The summed E-state index contributed by atoms with van der Waals surface area (Å²) in [6, 6.07) is 7.83. The highest BCUT2D eigenvalue weighted by atomic mass is 16.2. The second-order valence-electron chi connectivity index (χ2n) is 6.64. The topological polar surface area (TPSA) is 57.8 Å². The molecule has 4 nitrogen and oxygen atoms in total. The third-order valence-electron chi connectivity index (χ3n) is 4.46. The number of hydrogen-bond acceptors (Lipinski definition) is 2. The minimum atomic E-state index is -0.201. The van der Waals surface area contributed by atoms with E-state index in [1.54, 1.807) is 0 Å². The number of imidazole rings is 1. The van der Waals surface area contributed by atoms with Crippen LogP contribution in [0.5, 0.6) is 0 Å². The summed E-state index contributed by atoms with van der Waals surface area (Å²) in [6.45, 7) is 4.38. The van der Waals surface area contributed by atoms with Crippen LogP contribution < -0.4 is 5.32 Å². The van der Waals surface area contributed by atoms with Gasteiger partial charge in [0.15, 0.2) is 0 Å². The molecule has 0 spiro atoms. The van der Waals surface area contributed by atoms with Gasteiger partial charge in [-0.05, 0) is 37.3 Å². The van der Waals surface area contributed by atoms with E-state index < -0.39 is 0 Å². The van der Waals surface area contributed by atoms with Crippen molar-refractivity contribution in [2.24, 2.45) is 11.3 Å². The molecule has 1 aliphatic rings. The van der Waals surface area contributed by atoms with Crippen molar-refractivity contribution >= 4 is 22.9 Å². The van der Waals surface area contributed by atoms with Gasteiger partial charge in [0.25, 0.3) is 0 Å². The van der Waals surface area contributed by atoms with Gasteiger partial charge in [-0.15, -0.1) is 0 Å². The molecule has 21 heavy (non-hydrogen) atoms. The first kappa shape index (κ1) is 14.1. The van der Waals surface area contributed by atoms with Gasteiger partial charge in [0.05, 0.1) is 11.0 Å². The molecule has 1 saturated carbocycles. The van der Waals surface area contributed by atoms with Crippen LogP contribution in [0.15, 0.2) is 24.3 Å². The molecule has 0 aliphatic heterocycles. The smallest absolute Gasteiger partial charge is 0.232 e. The predicted molar refractivity (Wildman–Crippen MR) is 85.1 cm³/mol. The number of carbonyl (C=O) groups is 1. The second-order valence-corrected chi connectivity index (χ2v) is 6.64. The Labute approximate surface area is 125 Å². The summed E-state index contributed by atoms with van der Waals surface area (Å²) in [5, 5.41) is 3.01. The van der Waals surface area contributed by atoms with Crippen LogP contribution in [0.4, 0.5) is 5.95 Å². The lowest BCUT2D eigenvalue weighted by Gasteiger charge is -2.28. The normalized spacial score (nSPS) is 17.5. The van der Waals surface area contributed by atoms with Gasteiger partial charge in [-0.1, -0.05) is 38.8 Å². The largest absolute Gasteiger partial charge is 0.324 e. The zero-order valence-electron chi connectivity index (χ0n) is 12.8. The summed E-state index contributed by atoms with van der Waals surface area (Å²) in [5.41, 5.74) is 1.64. The number of aromatic amines is 1. The van der Waals surface area contributed by atoms with Gasteiger partial charge in [0.2, 0.25) is 11.9 Å². The third-order valence-corrected chi connectivity index (χ3v) is 4.46. The lowest BCUT2D eigenvalue weighted by atomic mass is 9.78. The number of H-pyrrole nitrogens is 1. The van der Waals surface area contributed by atoms with Crippen molar-refractivity contribution in [3.05, 3.63) is 24.3 Å². The molecule has 1 aromatic carbocycles. The summed E-state index contributed by atoms with van der Waals surface area (Å²) in [5.74, 6) is 1.23. The van der Waals surface area contributed by atoms with E-state index in [9.17, 15) is 4.79 Å². The number of rotatable bonds is 4. The van der Waals surface area contributed by atoms with Crippen molar-refractivity contribution in [1.82, 2.24) is 9.97 Å². The number of carbonyl (C=O) groups excluding carboxylic acids is 1. The van der Waals surface area contributed by atoms with Crippen LogP contribution in [0.25, 0.3) is 11.0 Å². The molecule has 3 rings (SSSR count). The number of nitrogens with zero attached hydrogens (tertiary/aromatic N) is 1. The zero-order chi connectivity index (χ0) is 14.9. The minimum Gasteiger partial charge on any atom is -0.324 e.